The number of hydrogen-bond acceptors (Lipinski definition) is 2. The Kier molecular flexibility index (Phi) is 2.77. The number of benzene rings is 1. The summed E-state index contributed by atoms with van der Waals surface area (Å²) < 4.78 is 0. The SMILES string of the molecule is CC1(CNC(=O)c2ccc3c(c2)CCCN3)CC1. The van der Waals surface area contributed by atoms with E-state index in [1.165, 1.54) is 24.1 Å². The lowest BCUT2D eigenvalue weighted by Gasteiger charge is -2.18. The Morgan fingerprint density at radius 3 is 3.06 bits per heavy atom. The van der Waals surface area contributed by atoms with E-state index < -0.39 is 0 Å². The van der Waals surface area contributed by atoms with Crippen LogP contribution in [0.2, 0.25) is 0 Å². The van der Waals surface area contributed by atoms with Gasteiger partial charge in [0.1, 0.15) is 0 Å². The molecule has 3 rings (SSSR count). The summed E-state index contributed by atoms with van der Waals surface area (Å²) in [4.78, 5) is 12.1. The highest BCUT2D eigenvalue weighted by molar-refractivity contribution is 5.95. The molecule has 0 bridgehead atoms. The van der Waals surface area contributed by atoms with Gasteiger partial charge in [-0.15, -0.1) is 0 Å². The van der Waals surface area contributed by atoms with Gasteiger partial charge in [-0.3, -0.25) is 4.79 Å². The van der Waals surface area contributed by atoms with Gasteiger partial charge >= 0.3 is 0 Å². The van der Waals surface area contributed by atoms with Crippen LogP contribution in [0.4, 0.5) is 5.69 Å². The van der Waals surface area contributed by atoms with Crippen molar-refractivity contribution >= 4 is 11.6 Å². The van der Waals surface area contributed by atoms with Crippen LogP contribution in [0.1, 0.15) is 42.1 Å². The van der Waals surface area contributed by atoms with E-state index in [2.05, 4.69) is 17.6 Å². The molecule has 3 heteroatoms. The molecule has 1 amide bonds. The second-order valence-electron chi connectivity index (χ2n) is 5.90. The summed E-state index contributed by atoms with van der Waals surface area (Å²) in [6, 6.07) is 5.98. The van der Waals surface area contributed by atoms with Gasteiger partial charge in [-0.2, -0.15) is 0 Å². The smallest absolute Gasteiger partial charge is 0.251 e. The van der Waals surface area contributed by atoms with Crippen molar-refractivity contribution < 1.29 is 4.79 Å². The van der Waals surface area contributed by atoms with Gasteiger partial charge in [-0.25, -0.2) is 0 Å². The summed E-state index contributed by atoms with van der Waals surface area (Å²) in [5.74, 6) is 0.0662. The van der Waals surface area contributed by atoms with Gasteiger partial charge in [0.15, 0.2) is 0 Å². The number of rotatable bonds is 3. The van der Waals surface area contributed by atoms with Gasteiger partial charge in [0.05, 0.1) is 0 Å². The molecule has 1 aromatic rings. The zero-order valence-electron chi connectivity index (χ0n) is 10.9. The number of anilines is 1. The van der Waals surface area contributed by atoms with Gasteiger partial charge in [0, 0.05) is 24.3 Å². The van der Waals surface area contributed by atoms with Crippen molar-refractivity contribution in [3.05, 3.63) is 29.3 Å². The van der Waals surface area contributed by atoms with Crippen LogP contribution >= 0.6 is 0 Å². The topological polar surface area (TPSA) is 41.1 Å². The predicted molar refractivity (Wildman–Crippen MR) is 72.9 cm³/mol. The van der Waals surface area contributed by atoms with Crippen LogP contribution in [0.3, 0.4) is 0 Å². The maximum Gasteiger partial charge on any atom is 0.251 e. The monoisotopic (exact) mass is 244 g/mol. The van der Waals surface area contributed by atoms with E-state index in [0.717, 1.165) is 31.5 Å². The van der Waals surface area contributed by atoms with E-state index in [1.807, 2.05) is 18.2 Å². The first-order valence-corrected chi connectivity index (χ1v) is 6.81. The van der Waals surface area contributed by atoms with E-state index in [9.17, 15) is 4.79 Å². The molecule has 2 aliphatic rings. The van der Waals surface area contributed by atoms with Gasteiger partial charge < -0.3 is 10.6 Å². The first-order chi connectivity index (χ1) is 8.66. The lowest BCUT2D eigenvalue weighted by Crippen LogP contribution is -2.29. The van der Waals surface area contributed by atoms with Crippen molar-refractivity contribution in [2.75, 3.05) is 18.4 Å². The minimum atomic E-state index is 0.0662. The summed E-state index contributed by atoms with van der Waals surface area (Å²) in [7, 11) is 0. The van der Waals surface area contributed by atoms with Gasteiger partial charge in [-0.1, -0.05) is 6.92 Å². The highest BCUT2D eigenvalue weighted by Crippen LogP contribution is 2.44. The maximum absolute atomic E-state index is 12.1. The number of fused-ring (bicyclic) bond motifs is 1. The molecule has 0 aromatic heterocycles. The lowest BCUT2D eigenvalue weighted by molar-refractivity contribution is 0.0946. The Morgan fingerprint density at radius 2 is 2.28 bits per heavy atom. The Hall–Kier alpha value is -1.51. The van der Waals surface area contributed by atoms with E-state index in [4.69, 9.17) is 0 Å². The quantitative estimate of drug-likeness (QED) is 0.858. The first-order valence-electron chi connectivity index (χ1n) is 6.81. The molecule has 96 valence electrons. The number of amides is 1. The molecule has 1 heterocycles. The molecular weight excluding hydrogens is 224 g/mol. The van der Waals surface area contributed by atoms with Crippen LogP contribution in [0, 0.1) is 5.41 Å². The van der Waals surface area contributed by atoms with Gasteiger partial charge in [-0.05, 0) is 54.9 Å². The number of carbonyl (C=O) groups excluding carboxylic acids is 1. The van der Waals surface area contributed by atoms with Gasteiger partial charge in [0.25, 0.3) is 5.91 Å². The summed E-state index contributed by atoms with van der Waals surface area (Å²) in [6.07, 6.45) is 4.69. The highest BCUT2D eigenvalue weighted by Gasteiger charge is 2.37. The zero-order chi connectivity index (χ0) is 12.6. The summed E-state index contributed by atoms with van der Waals surface area (Å²) in [6.45, 7) is 4.07. The Labute approximate surface area is 108 Å². The van der Waals surface area contributed by atoms with Crippen molar-refractivity contribution in [2.45, 2.75) is 32.6 Å². The molecule has 0 radical (unpaired) electrons. The number of aryl methyl sites for hydroxylation is 1. The molecule has 0 unspecified atom stereocenters. The Balaban J connectivity index is 1.69. The van der Waals surface area contributed by atoms with Crippen LogP contribution in [0.5, 0.6) is 0 Å². The molecule has 0 spiro atoms. The van der Waals surface area contributed by atoms with Crippen LogP contribution < -0.4 is 10.6 Å². The summed E-state index contributed by atoms with van der Waals surface area (Å²) in [5.41, 5.74) is 3.62. The third kappa shape index (κ3) is 2.35. The predicted octanol–water partition coefficient (Wildman–Crippen LogP) is 2.57. The molecule has 18 heavy (non-hydrogen) atoms. The molecule has 1 aliphatic heterocycles. The molecule has 1 aliphatic carbocycles. The van der Waals surface area contributed by atoms with E-state index in [0.29, 0.717) is 5.41 Å². The molecule has 2 N–H and O–H groups in total. The maximum atomic E-state index is 12.1. The standard InChI is InChI=1S/C15H20N2O/c1-15(6-7-15)10-17-14(18)12-4-5-13-11(9-12)3-2-8-16-13/h4-5,9,16H,2-3,6-8,10H2,1H3,(H,17,18). The second kappa shape index (κ2) is 4.30. The summed E-state index contributed by atoms with van der Waals surface area (Å²) >= 11 is 0. The number of carbonyl (C=O) groups is 1. The fourth-order valence-corrected chi connectivity index (χ4v) is 2.40. The fourth-order valence-electron chi connectivity index (χ4n) is 2.40. The first kappa shape index (κ1) is 11.6. The number of hydrogen-bond donors (Lipinski definition) is 2. The van der Waals surface area contributed by atoms with Crippen molar-refractivity contribution in [1.82, 2.24) is 5.32 Å². The molecule has 1 saturated carbocycles. The normalized spacial score (nSPS) is 19.6. The number of nitrogens with one attached hydrogen (secondary N) is 2. The minimum Gasteiger partial charge on any atom is -0.385 e. The third-order valence-electron chi connectivity index (χ3n) is 4.09. The van der Waals surface area contributed by atoms with Crippen LogP contribution in [-0.2, 0) is 6.42 Å². The van der Waals surface area contributed by atoms with E-state index in [-0.39, 0.29) is 5.91 Å². The fraction of sp³-hybridized carbons (Fsp3) is 0.533. The van der Waals surface area contributed by atoms with Crippen LogP contribution in [-0.4, -0.2) is 19.0 Å². The highest BCUT2D eigenvalue weighted by atomic mass is 16.1. The molecule has 0 saturated heterocycles. The Bertz CT molecular complexity index is 477. The average molecular weight is 244 g/mol. The van der Waals surface area contributed by atoms with Crippen molar-refractivity contribution in [3.8, 4) is 0 Å². The summed E-state index contributed by atoms with van der Waals surface area (Å²) in [5, 5.41) is 6.41. The van der Waals surface area contributed by atoms with Crippen molar-refractivity contribution in [3.63, 3.8) is 0 Å². The molecule has 0 atom stereocenters. The van der Waals surface area contributed by atoms with Gasteiger partial charge in [0.2, 0.25) is 0 Å². The lowest BCUT2D eigenvalue weighted by atomic mass is 10.0. The van der Waals surface area contributed by atoms with Crippen LogP contribution in [0.25, 0.3) is 0 Å². The zero-order valence-corrected chi connectivity index (χ0v) is 10.9. The van der Waals surface area contributed by atoms with Crippen molar-refractivity contribution in [2.24, 2.45) is 5.41 Å². The minimum absolute atomic E-state index is 0.0662. The molecular formula is C15H20N2O. The molecule has 3 nitrogen and oxygen atoms in total. The second-order valence-corrected chi connectivity index (χ2v) is 5.90. The molecule has 1 aromatic carbocycles. The average Bonchev–Trinajstić information content (AvgIpc) is 3.14. The van der Waals surface area contributed by atoms with Crippen molar-refractivity contribution in [1.29, 1.82) is 0 Å². The largest absolute Gasteiger partial charge is 0.385 e. The third-order valence-corrected chi connectivity index (χ3v) is 4.09. The Morgan fingerprint density at radius 1 is 1.44 bits per heavy atom. The van der Waals surface area contributed by atoms with E-state index in [1.54, 1.807) is 0 Å². The van der Waals surface area contributed by atoms with Crippen LogP contribution in [0.15, 0.2) is 18.2 Å². The van der Waals surface area contributed by atoms with E-state index >= 15 is 0 Å². The molecule has 1 fully saturated rings.